The van der Waals surface area contributed by atoms with Gasteiger partial charge in [0.15, 0.2) is 6.04 Å². The second-order valence-electron chi connectivity index (χ2n) is 4.52. The molecule has 2 aromatic carbocycles. The summed E-state index contributed by atoms with van der Waals surface area (Å²) in [5.41, 5.74) is 2.92. The van der Waals surface area contributed by atoms with Crippen LogP contribution in [0, 0.1) is 6.92 Å². The summed E-state index contributed by atoms with van der Waals surface area (Å²) in [6.07, 6.45) is 0. The lowest BCUT2D eigenvalue weighted by Crippen LogP contribution is -2.22. The van der Waals surface area contributed by atoms with Gasteiger partial charge < -0.3 is 10.1 Å². The first kappa shape index (κ1) is 14.6. The molecule has 0 amide bonds. The van der Waals surface area contributed by atoms with E-state index in [1.807, 2.05) is 55.5 Å². The second kappa shape index (κ2) is 6.57. The van der Waals surface area contributed by atoms with Crippen LogP contribution in [0.25, 0.3) is 0 Å². The van der Waals surface area contributed by atoms with E-state index in [-0.39, 0.29) is 5.97 Å². The first-order chi connectivity index (χ1) is 9.60. The van der Waals surface area contributed by atoms with Gasteiger partial charge in [-0.05, 0) is 36.8 Å². The van der Waals surface area contributed by atoms with Crippen molar-refractivity contribution in [2.75, 3.05) is 12.4 Å². The Balaban J connectivity index is 2.26. The monoisotopic (exact) mass is 333 g/mol. The number of nitrogens with one attached hydrogen (secondary N) is 1. The Kier molecular flexibility index (Phi) is 4.79. The molecule has 0 heterocycles. The van der Waals surface area contributed by atoms with Crippen molar-refractivity contribution in [1.29, 1.82) is 0 Å². The Hall–Kier alpha value is -1.81. The van der Waals surface area contributed by atoms with Crippen LogP contribution in [0.2, 0.25) is 0 Å². The van der Waals surface area contributed by atoms with Gasteiger partial charge >= 0.3 is 5.97 Å². The number of benzene rings is 2. The first-order valence-corrected chi connectivity index (χ1v) is 7.06. The molecule has 0 aliphatic heterocycles. The SMILES string of the molecule is COC(=O)C(Nc1ccc(C)cc1)c1ccc(Br)cc1. The maximum absolute atomic E-state index is 12.0. The van der Waals surface area contributed by atoms with Gasteiger partial charge in [0.1, 0.15) is 0 Å². The van der Waals surface area contributed by atoms with Gasteiger partial charge in [-0.1, -0.05) is 45.8 Å². The predicted molar refractivity (Wildman–Crippen MR) is 83.7 cm³/mol. The van der Waals surface area contributed by atoms with E-state index >= 15 is 0 Å². The average molecular weight is 334 g/mol. The van der Waals surface area contributed by atoms with E-state index in [0.29, 0.717) is 0 Å². The standard InChI is InChI=1S/C16H16BrNO2/c1-11-3-9-14(10-4-11)18-15(16(19)20-2)12-5-7-13(17)8-6-12/h3-10,15,18H,1-2H3. The molecule has 20 heavy (non-hydrogen) atoms. The molecule has 2 rings (SSSR count). The second-order valence-corrected chi connectivity index (χ2v) is 5.43. The molecule has 1 unspecified atom stereocenters. The van der Waals surface area contributed by atoms with Gasteiger partial charge in [0, 0.05) is 10.2 Å². The zero-order chi connectivity index (χ0) is 14.5. The maximum Gasteiger partial charge on any atom is 0.332 e. The third-order valence-electron chi connectivity index (χ3n) is 3.00. The molecule has 2 aromatic rings. The van der Waals surface area contributed by atoms with Gasteiger partial charge in [0.2, 0.25) is 0 Å². The summed E-state index contributed by atoms with van der Waals surface area (Å²) in [7, 11) is 1.39. The molecule has 0 bridgehead atoms. The molecule has 0 aromatic heterocycles. The Bertz CT molecular complexity index is 578. The van der Waals surface area contributed by atoms with Crippen molar-refractivity contribution in [2.45, 2.75) is 13.0 Å². The number of anilines is 1. The number of halogens is 1. The van der Waals surface area contributed by atoms with E-state index < -0.39 is 6.04 Å². The molecule has 104 valence electrons. The molecule has 4 heteroatoms. The molecule has 0 aliphatic rings. The number of hydrogen-bond acceptors (Lipinski definition) is 3. The minimum Gasteiger partial charge on any atom is -0.467 e. The van der Waals surface area contributed by atoms with Crippen molar-refractivity contribution in [3.63, 3.8) is 0 Å². The van der Waals surface area contributed by atoms with Crippen LogP contribution in [0.4, 0.5) is 5.69 Å². The number of carbonyl (C=O) groups excluding carboxylic acids is 1. The Morgan fingerprint density at radius 2 is 1.70 bits per heavy atom. The lowest BCUT2D eigenvalue weighted by atomic mass is 10.1. The van der Waals surface area contributed by atoms with Crippen molar-refractivity contribution in [2.24, 2.45) is 0 Å². The Morgan fingerprint density at radius 3 is 2.25 bits per heavy atom. The van der Waals surface area contributed by atoms with Gasteiger partial charge in [-0.2, -0.15) is 0 Å². The number of ether oxygens (including phenoxy) is 1. The van der Waals surface area contributed by atoms with Crippen molar-refractivity contribution in [1.82, 2.24) is 0 Å². The summed E-state index contributed by atoms with van der Waals surface area (Å²) in [5, 5.41) is 3.20. The zero-order valence-electron chi connectivity index (χ0n) is 11.4. The summed E-state index contributed by atoms with van der Waals surface area (Å²) in [5.74, 6) is -0.312. The van der Waals surface area contributed by atoms with E-state index in [9.17, 15) is 4.79 Å². The number of rotatable bonds is 4. The minimum absolute atomic E-state index is 0.312. The molecule has 0 aliphatic carbocycles. The molecule has 1 atom stereocenters. The smallest absolute Gasteiger partial charge is 0.332 e. The molecule has 0 saturated heterocycles. The summed E-state index contributed by atoms with van der Waals surface area (Å²) >= 11 is 3.39. The molecule has 0 fully saturated rings. The van der Waals surface area contributed by atoms with Gasteiger partial charge in [0.05, 0.1) is 7.11 Å². The third-order valence-corrected chi connectivity index (χ3v) is 3.53. The molecular formula is C16H16BrNO2. The summed E-state index contributed by atoms with van der Waals surface area (Å²) in [6.45, 7) is 2.02. The molecule has 0 spiro atoms. The number of carbonyl (C=O) groups is 1. The van der Waals surface area contributed by atoms with E-state index in [4.69, 9.17) is 4.74 Å². The number of esters is 1. The van der Waals surface area contributed by atoms with Crippen LogP contribution < -0.4 is 5.32 Å². The fraction of sp³-hybridized carbons (Fsp3) is 0.188. The van der Waals surface area contributed by atoms with Crippen LogP contribution in [0.15, 0.2) is 53.0 Å². The quantitative estimate of drug-likeness (QED) is 0.856. The maximum atomic E-state index is 12.0. The molecule has 3 nitrogen and oxygen atoms in total. The van der Waals surface area contributed by atoms with E-state index in [1.165, 1.54) is 12.7 Å². The van der Waals surface area contributed by atoms with Crippen molar-refractivity contribution >= 4 is 27.6 Å². The van der Waals surface area contributed by atoms with Crippen LogP contribution in [0.1, 0.15) is 17.2 Å². The summed E-state index contributed by atoms with van der Waals surface area (Å²) < 4.78 is 5.85. The van der Waals surface area contributed by atoms with Crippen LogP contribution in [0.3, 0.4) is 0 Å². The van der Waals surface area contributed by atoms with Crippen molar-refractivity contribution < 1.29 is 9.53 Å². The molecule has 0 saturated carbocycles. The lowest BCUT2D eigenvalue weighted by Gasteiger charge is -2.18. The summed E-state index contributed by atoms with van der Waals surface area (Å²) in [4.78, 5) is 12.0. The molecule has 0 radical (unpaired) electrons. The van der Waals surface area contributed by atoms with Gasteiger partial charge in [-0.25, -0.2) is 4.79 Å². The number of aryl methyl sites for hydroxylation is 1. The normalized spacial score (nSPS) is 11.8. The highest BCUT2D eigenvalue weighted by Crippen LogP contribution is 2.23. The zero-order valence-corrected chi connectivity index (χ0v) is 13.0. The third kappa shape index (κ3) is 3.61. The van der Waals surface area contributed by atoms with Crippen LogP contribution in [0.5, 0.6) is 0 Å². The van der Waals surface area contributed by atoms with Crippen molar-refractivity contribution in [3.05, 3.63) is 64.1 Å². The predicted octanol–water partition coefficient (Wildman–Crippen LogP) is 4.08. The highest BCUT2D eigenvalue weighted by atomic mass is 79.9. The minimum atomic E-state index is -0.518. The number of hydrogen-bond donors (Lipinski definition) is 1. The highest BCUT2D eigenvalue weighted by molar-refractivity contribution is 9.10. The average Bonchev–Trinajstić information content (AvgIpc) is 2.47. The fourth-order valence-corrected chi connectivity index (χ4v) is 2.13. The Labute approximate surface area is 127 Å². The van der Waals surface area contributed by atoms with E-state index in [2.05, 4.69) is 21.2 Å². The highest BCUT2D eigenvalue weighted by Gasteiger charge is 2.21. The fourth-order valence-electron chi connectivity index (χ4n) is 1.87. The molecular weight excluding hydrogens is 318 g/mol. The molecule has 1 N–H and O–H groups in total. The van der Waals surface area contributed by atoms with Crippen LogP contribution in [-0.4, -0.2) is 13.1 Å². The first-order valence-electron chi connectivity index (χ1n) is 6.26. The van der Waals surface area contributed by atoms with Gasteiger partial charge in [0.25, 0.3) is 0 Å². The summed E-state index contributed by atoms with van der Waals surface area (Å²) in [6, 6.07) is 15.0. The van der Waals surface area contributed by atoms with Crippen molar-refractivity contribution in [3.8, 4) is 0 Å². The van der Waals surface area contributed by atoms with Gasteiger partial charge in [-0.3, -0.25) is 0 Å². The topological polar surface area (TPSA) is 38.3 Å². The largest absolute Gasteiger partial charge is 0.467 e. The lowest BCUT2D eigenvalue weighted by molar-refractivity contribution is -0.141. The van der Waals surface area contributed by atoms with Crippen LogP contribution >= 0.6 is 15.9 Å². The Morgan fingerprint density at radius 1 is 1.10 bits per heavy atom. The number of methoxy groups -OCH3 is 1. The van der Waals surface area contributed by atoms with Crippen LogP contribution in [-0.2, 0) is 9.53 Å². The van der Waals surface area contributed by atoms with E-state index in [0.717, 1.165) is 15.7 Å². The van der Waals surface area contributed by atoms with Gasteiger partial charge in [-0.15, -0.1) is 0 Å². The van der Waals surface area contributed by atoms with E-state index in [1.54, 1.807) is 0 Å².